The fraction of sp³-hybridized carbons (Fsp3) is 0.500. The number of ether oxygens (including phenoxy) is 2. The lowest BCUT2D eigenvalue weighted by Crippen LogP contribution is -2.52. The van der Waals surface area contributed by atoms with Crippen LogP contribution in [0.2, 0.25) is 5.02 Å². The second-order valence-electron chi connectivity index (χ2n) is 13.7. The average molecular weight is 674 g/mol. The van der Waals surface area contributed by atoms with Crippen LogP contribution in [0.4, 0.5) is 11.6 Å². The first-order valence-electron chi connectivity index (χ1n) is 17.1. The minimum atomic E-state index is -0.117. The van der Waals surface area contributed by atoms with Gasteiger partial charge in [0.15, 0.2) is 0 Å². The van der Waals surface area contributed by atoms with E-state index in [4.69, 9.17) is 21.1 Å². The number of carbonyl (C=O) groups excluding carboxylic acids is 2. The fourth-order valence-electron chi connectivity index (χ4n) is 7.29. The molecule has 2 saturated carbocycles. The molecule has 4 aliphatic rings. The summed E-state index contributed by atoms with van der Waals surface area (Å²) in [5.41, 5.74) is 3.34. The number of nitrogens with zero attached hydrogens (tertiary/aromatic N) is 5. The summed E-state index contributed by atoms with van der Waals surface area (Å²) in [6, 6.07) is 9.85. The minimum Gasteiger partial charge on any atom is -0.495 e. The van der Waals surface area contributed by atoms with Gasteiger partial charge in [-0.3, -0.25) is 14.5 Å². The molecule has 7 rings (SSSR count). The van der Waals surface area contributed by atoms with Crippen LogP contribution in [-0.2, 0) is 6.54 Å². The number of halogens is 1. The maximum atomic E-state index is 13.5. The van der Waals surface area contributed by atoms with E-state index in [0.717, 1.165) is 55.8 Å². The van der Waals surface area contributed by atoms with Crippen molar-refractivity contribution in [3.8, 4) is 17.4 Å². The Morgan fingerprint density at radius 3 is 2.54 bits per heavy atom. The maximum Gasteiger partial charge on any atom is 0.258 e. The standard InChI is InChI=1S/C36H44ClN7O4/c1-22-17-29(40-36-38-19-28(37)34(41-36)48-30-6-4-5-24-21-42(2)35(46)32(24)30)31(47-3)18-27(22)33(45)39-25-9-11-26(12-10-25)44-15-13-43(14-16-44)20-23-7-8-23/h4-6,17-19,23,25-26H,7-16,20-21H2,1-3H3,(H,39,45)(H,38,40,41)/t25-,26-. The molecular formula is C36H44ClN7O4. The Balaban J connectivity index is 0.972. The molecule has 254 valence electrons. The number of hydrogen-bond acceptors (Lipinski definition) is 9. The molecule has 3 fully saturated rings. The van der Waals surface area contributed by atoms with Gasteiger partial charge in [0.25, 0.3) is 11.8 Å². The van der Waals surface area contributed by atoms with E-state index in [1.165, 1.54) is 38.7 Å². The Kier molecular flexibility index (Phi) is 9.44. The van der Waals surface area contributed by atoms with Gasteiger partial charge in [-0.25, -0.2) is 4.98 Å². The summed E-state index contributed by atoms with van der Waals surface area (Å²) in [7, 11) is 3.31. The van der Waals surface area contributed by atoms with Crippen LogP contribution in [0, 0.1) is 12.8 Å². The number of benzene rings is 2. The summed E-state index contributed by atoms with van der Waals surface area (Å²) in [5, 5.41) is 6.68. The number of anilines is 2. The number of nitrogens with one attached hydrogen (secondary N) is 2. The molecular weight excluding hydrogens is 630 g/mol. The Morgan fingerprint density at radius 1 is 1.04 bits per heavy atom. The zero-order chi connectivity index (χ0) is 33.4. The maximum absolute atomic E-state index is 13.5. The third-order valence-corrected chi connectivity index (χ3v) is 10.5. The number of amides is 2. The molecule has 11 nitrogen and oxygen atoms in total. The largest absolute Gasteiger partial charge is 0.495 e. The minimum absolute atomic E-state index is 0.0940. The van der Waals surface area contributed by atoms with Gasteiger partial charge in [-0.05, 0) is 80.7 Å². The lowest BCUT2D eigenvalue weighted by molar-refractivity contribution is 0.0694. The van der Waals surface area contributed by atoms with Gasteiger partial charge in [0.05, 0.1) is 24.6 Å². The fourth-order valence-corrected chi connectivity index (χ4v) is 7.42. The van der Waals surface area contributed by atoms with E-state index in [1.54, 1.807) is 31.2 Å². The second kappa shape index (κ2) is 13.9. The zero-order valence-electron chi connectivity index (χ0n) is 27.9. The van der Waals surface area contributed by atoms with Crippen molar-refractivity contribution in [2.24, 2.45) is 5.92 Å². The first-order chi connectivity index (χ1) is 23.2. The quantitative estimate of drug-likeness (QED) is 0.283. The van der Waals surface area contributed by atoms with Crippen molar-refractivity contribution in [3.05, 3.63) is 63.8 Å². The molecule has 0 radical (unpaired) electrons. The molecule has 3 heterocycles. The molecule has 2 amide bonds. The van der Waals surface area contributed by atoms with Crippen LogP contribution < -0.4 is 20.1 Å². The molecule has 0 atom stereocenters. The van der Waals surface area contributed by atoms with E-state index in [-0.39, 0.29) is 34.7 Å². The summed E-state index contributed by atoms with van der Waals surface area (Å²) in [4.78, 5) is 42.0. The molecule has 1 saturated heterocycles. The number of carbonyl (C=O) groups is 2. The SMILES string of the molecule is COc1cc(C(=O)N[C@H]2CC[C@H](N3CCN(CC4CC4)CC3)CC2)c(C)cc1Nc1ncc(Cl)c(Oc2cccc3c2C(=O)N(C)C3)n1. The zero-order valence-corrected chi connectivity index (χ0v) is 28.7. The summed E-state index contributed by atoms with van der Waals surface area (Å²) in [6.45, 7) is 8.41. The Labute approximate surface area is 286 Å². The summed E-state index contributed by atoms with van der Waals surface area (Å²) in [5.74, 6) is 1.94. The number of hydrogen-bond donors (Lipinski definition) is 2. The molecule has 0 unspecified atom stereocenters. The summed E-state index contributed by atoms with van der Waals surface area (Å²) < 4.78 is 11.7. The van der Waals surface area contributed by atoms with E-state index in [2.05, 4.69) is 30.4 Å². The van der Waals surface area contributed by atoms with Crippen LogP contribution in [0.25, 0.3) is 0 Å². The van der Waals surface area contributed by atoms with E-state index >= 15 is 0 Å². The summed E-state index contributed by atoms with van der Waals surface area (Å²) in [6.07, 6.45) is 8.48. The second-order valence-corrected chi connectivity index (χ2v) is 14.1. The number of piperazine rings is 1. The number of methoxy groups -OCH3 is 1. The van der Waals surface area contributed by atoms with E-state index in [1.807, 2.05) is 25.1 Å². The van der Waals surface area contributed by atoms with Crippen molar-refractivity contribution in [2.45, 2.75) is 64.1 Å². The Morgan fingerprint density at radius 2 is 1.81 bits per heavy atom. The van der Waals surface area contributed by atoms with Crippen LogP contribution in [0.3, 0.4) is 0 Å². The third-order valence-electron chi connectivity index (χ3n) is 10.2. The van der Waals surface area contributed by atoms with Crippen molar-refractivity contribution < 1.29 is 19.1 Å². The Hall–Kier alpha value is -3.93. The number of aryl methyl sites for hydroxylation is 1. The molecule has 48 heavy (non-hydrogen) atoms. The van der Waals surface area contributed by atoms with Crippen molar-refractivity contribution in [3.63, 3.8) is 0 Å². The molecule has 1 aromatic heterocycles. The van der Waals surface area contributed by atoms with Crippen molar-refractivity contribution >= 4 is 35.1 Å². The van der Waals surface area contributed by atoms with Gasteiger partial charge in [-0.15, -0.1) is 0 Å². The lowest BCUT2D eigenvalue weighted by Gasteiger charge is -2.42. The van der Waals surface area contributed by atoms with Crippen LogP contribution >= 0.6 is 11.6 Å². The molecule has 2 N–H and O–H groups in total. The molecule has 3 aromatic rings. The van der Waals surface area contributed by atoms with E-state index in [9.17, 15) is 9.59 Å². The monoisotopic (exact) mass is 673 g/mol. The summed E-state index contributed by atoms with van der Waals surface area (Å²) >= 11 is 6.41. The van der Waals surface area contributed by atoms with Crippen LogP contribution in [0.1, 0.15) is 70.4 Å². The van der Waals surface area contributed by atoms with Gasteiger partial charge in [0.2, 0.25) is 11.8 Å². The number of rotatable bonds is 10. The van der Waals surface area contributed by atoms with Crippen LogP contribution in [0.5, 0.6) is 17.4 Å². The highest BCUT2D eigenvalue weighted by Gasteiger charge is 2.32. The molecule has 12 heteroatoms. The molecule has 0 spiro atoms. The molecule has 0 bridgehead atoms. The van der Waals surface area contributed by atoms with Crippen molar-refractivity contribution in [1.82, 2.24) is 30.0 Å². The van der Waals surface area contributed by atoms with Gasteiger partial charge >= 0.3 is 0 Å². The molecule has 2 aliphatic heterocycles. The number of fused-ring (bicyclic) bond motifs is 1. The highest BCUT2D eigenvalue weighted by atomic mass is 35.5. The van der Waals surface area contributed by atoms with Crippen LogP contribution in [-0.4, -0.2) is 95.4 Å². The molecule has 2 aromatic carbocycles. The smallest absolute Gasteiger partial charge is 0.258 e. The van der Waals surface area contributed by atoms with Crippen molar-refractivity contribution in [1.29, 1.82) is 0 Å². The van der Waals surface area contributed by atoms with Gasteiger partial charge in [-0.2, -0.15) is 4.98 Å². The average Bonchev–Trinajstić information content (AvgIpc) is 3.85. The highest BCUT2D eigenvalue weighted by Crippen LogP contribution is 2.37. The normalized spacial score (nSPS) is 21.6. The first-order valence-corrected chi connectivity index (χ1v) is 17.4. The first kappa shape index (κ1) is 32.6. The predicted octanol–water partition coefficient (Wildman–Crippen LogP) is 5.64. The topological polar surface area (TPSA) is 112 Å². The van der Waals surface area contributed by atoms with Gasteiger partial charge in [0.1, 0.15) is 16.5 Å². The van der Waals surface area contributed by atoms with E-state index in [0.29, 0.717) is 40.9 Å². The molecule has 2 aliphatic carbocycles. The van der Waals surface area contributed by atoms with Gasteiger partial charge < -0.3 is 29.9 Å². The van der Waals surface area contributed by atoms with Gasteiger partial charge in [-0.1, -0.05) is 23.7 Å². The third kappa shape index (κ3) is 7.09. The number of aromatic nitrogens is 2. The lowest BCUT2D eigenvalue weighted by atomic mass is 9.89. The van der Waals surface area contributed by atoms with Crippen molar-refractivity contribution in [2.75, 3.05) is 52.2 Å². The predicted molar refractivity (Wildman–Crippen MR) is 185 cm³/mol. The van der Waals surface area contributed by atoms with E-state index < -0.39 is 0 Å². The highest BCUT2D eigenvalue weighted by molar-refractivity contribution is 6.31. The Bertz CT molecular complexity index is 1680. The van der Waals surface area contributed by atoms with Crippen LogP contribution in [0.15, 0.2) is 36.5 Å². The van der Waals surface area contributed by atoms with Gasteiger partial charge in [0, 0.05) is 64.0 Å².